The summed E-state index contributed by atoms with van der Waals surface area (Å²) in [7, 11) is 3.31. The van der Waals surface area contributed by atoms with Crippen LogP contribution in [-0.4, -0.2) is 63.4 Å². The van der Waals surface area contributed by atoms with E-state index in [0.717, 1.165) is 13.1 Å². The van der Waals surface area contributed by atoms with E-state index in [1.807, 2.05) is 0 Å². The summed E-state index contributed by atoms with van der Waals surface area (Å²) in [5, 5.41) is 3.23. The van der Waals surface area contributed by atoms with E-state index >= 15 is 0 Å². The lowest BCUT2D eigenvalue weighted by atomic mass is 10.2. The number of hydrogen-bond donors (Lipinski definition) is 1. The molecule has 1 aliphatic heterocycles. The van der Waals surface area contributed by atoms with E-state index in [1.54, 1.807) is 18.9 Å². The van der Waals surface area contributed by atoms with Crippen LogP contribution < -0.4 is 5.32 Å². The first-order chi connectivity index (χ1) is 7.15. The van der Waals surface area contributed by atoms with Crippen LogP contribution in [0.1, 0.15) is 6.92 Å². The van der Waals surface area contributed by atoms with Crippen LogP contribution >= 0.6 is 0 Å². The van der Waals surface area contributed by atoms with E-state index in [1.165, 1.54) is 7.11 Å². The second kappa shape index (κ2) is 6.05. The minimum absolute atomic E-state index is 0.00771. The predicted octanol–water partition coefficient (Wildman–Crippen LogP) is -0.532. The highest BCUT2D eigenvalue weighted by molar-refractivity contribution is 5.80. The summed E-state index contributed by atoms with van der Waals surface area (Å²) < 4.78 is 10.5. The standard InChI is InChI=1S/C10H20N2O3/c1-8(14-3)10(13)12(2)7-9-6-11-4-5-15-9/h8-9,11H,4-7H2,1-3H3. The Bertz CT molecular complexity index is 205. The van der Waals surface area contributed by atoms with Crippen molar-refractivity contribution in [3.63, 3.8) is 0 Å². The maximum atomic E-state index is 11.7. The van der Waals surface area contributed by atoms with Crippen molar-refractivity contribution in [2.24, 2.45) is 0 Å². The number of likely N-dealkylation sites (N-methyl/N-ethyl adjacent to an activating group) is 1. The fourth-order valence-electron chi connectivity index (χ4n) is 1.54. The fraction of sp³-hybridized carbons (Fsp3) is 0.900. The van der Waals surface area contributed by atoms with Gasteiger partial charge in [0.2, 0.25) is 0 Å². The molecule has 0 spiro atoms. The maximum absolute atomic E-state index is 11.7. The van der Waals surface area contributed by atoms with Crippen LogP contribution in [0.15, 0.2) is 0 Å². The van der Waals surface area contributed by atoms with Crippen LogP contribution in [0.5, 0.6) is 0 Å². The molecule has 5 heteroatoms. The van der Waals surface area contributed by atoms with E-state index in [0.29, 0.717) is 13.2 Å². The number of nitrogens with zero attached hydrogens (tertiary/aromatic N) is 1. The zero-order valence-electron chi connectivity index (χ0n) is 9.66. The SMILES string of the molecule is COC(C)C(=O)N(C)CC1CNCCO1. The van der Waals surface area contributed by atoms with Crippen molar-refractivity contribution in [3.8, 4) is 0 Å². The Hall–Kier alpha value is -0.650. The summed E-state index contributed by atoms with van der Waals surface area (Å²) in [6.45, 7) is 4.77. The molecule has 1 heterocycles. The summed E-state index contributed by atoms with van der Waals surface area (Å²) in [4.78, 5) is 13.3. The van der Waals surface area contributed by atoms with Crippen LogP contribution in [0.2, 0.25) is 0 Å². The first kappa shape index (κ1) is 12.4. The Morgan fingerprint density at radius 3 is 3.00 bits per heavy atom. The van der Waals surface area contributed by atoms with E-state index in [9.17, 15) is 4.79 Å². The quantitative estimate of drug-likeness (QED) is 0.686. The number of nitrogens with one attached hydrogen (secondary N) is 1. The van der Waals surface area contributed by atoms with Gasteiger partial charge in [-0.25, -0.2) is 0 Å². The molecule has 88 valence electrons. The Morgan fingerprint density at radius 1 is 1.73 bits per heavy atom. The lowest BCUT2D eigenvalue weighted by molar-refractivity contribution is -0.141. The van der Waals surface area contributed by atoms with Crippen LogP contribution in [0.25, 0.3) is 0 Å². The van der Waals surface area contributed by atoms with Gasteiger partial charge in [0, 0.05) is 33.8 Å². The van der Waals surface area contributed by atoms with E-state index in [-0.39, 0.29) is 18.1 Å². The third-order valence-electron chi connectivity index (χ3n) is 2.56. The van der Waals surface area contributed by atoms with E-state index < -0.39 is 0 Å². The molecule has 1 fully saturated rings. The van der Waals surface area contributed by atoms with Crippen molar-refractivity contribution in [1.29, 1.82) is 0 Å². The average Bonchev–Trinajstić information content (AvgIpc) is 2.28. The summed E-state index contributed by atoms with van der Waals surface area (Å²) in [5.74, 6) is -0.00771. The predicted molar refractivity (Wildman–Crippen MR) is 56.7 cm³/mol. The molecule has 1 aliphatic rings. The highest BCUT2D eigenvalue weighted by atomic mass is 16.5. The monoisotopic (exact) mass is 216 g/mol. The van der Waals surface area contributed by atoms with Gasteiger partial charge in [-0.1, -0.05) is 0 Å². The van der Waals surface area contributed by atoms with E-state index in [4.69, 9.17) is 9.47 Å². The molecular formula is C10H20N2O3. The number of morpholine rings is 1. The Balaban J connectivity index is 2.33. The molecule has 1 rings (SSSR count). The van der Waals surface area contributed by atoms with Gasteiger partial charge in [-0.3, -0.25) is 4.79 Å². The first-order valence-electron chi connectivity index (χ1n) is 5.25. The third kappa shape index (κ3) is 3.77. The molecular weight excluding hydrogens is 196 g/mol. The number of hydrogen-bond acceptors (Lipinski definition) is 4. The van der Waals surface area contributed by atoms with Crippen molar-refractivity contribution in [3.05, 3.63) is 0 Å². The minimum Gasteiger partial charge on any atom is -0.374 e. The van der Waals surface area contributed by atoms with Gasteiger partial charge in [-0.2, -0.15) is 0 Å². The van der Waals surface area contributed by atoms with Crippen molar-refractivity contribution in [1.82, 2.24) is 10.2 Å². The van der Waals surface area contributed by atoms with Gasteiger partial charge in [0.25, 0.3) is 5.91 Å². The van der Waals surface area contributed by atoms with Gasteiger partial charge < -0.3 is 19.7 Å². The molecule has 0 saturated carbocycles. The molecule has 2 atom stereocenters. The molecule has 5 nitrogen and oxygen atoms in total. The first-order valence-corrected chi connectivity index (χ1v) is 5.25. The molecule has 15 heavy (non-hydrogen) atoms. The second-order valence-electron chi connectivity index (χ2n) is 3.79. The van der Waals surface area contributed by atoms with Crippen LogP contribution in [0, 0.1) is 0 Å². The molecule has 0 bridgehead atoms. The number of ether oxygens (including phenoxy) is 2. The molecule has 1 N–H and O–H groups in total. The van der Waals surface area contributed by atoms with Gasteiger partial charge in [0.15, 0.2) is 0 Å². The topological polar surface area (TPSA) is 50.8 Å². The maximum Gasteiger partial charge on any atom is 0.251 e. The third-order valence-corrected chi connectivity index (χ3v) is 2.56. The number of carbonyl (C=O) groups excluding carboxylic acids is 1. The van der Waals surface area contributed by atoms with Crippen LogP contribution in [-0.2, 0) is 14.3 Å². The van der Waals surface area contributed by atoms with E-state index in [2.05, 4.69) is 5.32 Å². The summed E-state index contributed by atoms with van der Waals surface area (Å²) in [6, 6.07) is 0. The molecule has 2 unspecified atom stereocenters. The van der Waals surface area contributed by atoms with Crippen molar-refractivity contribution < 1.29 is 14.3 Å². The summed E-state index contributed by atoms with van der Waals surface area (Å²) in [6.07, 6.45) is -0.289. The molecule has 0 aromatic rings. The highest BCUT2D eigenvalue weighted by Crippen LogP contribution is 2.01. The van der Waals surface area contributed by atoms with Crippen LogP contribution in [0.4, 0.5) is 0 Å². The molecule has 1 amide bonds. The number of methoxy groups -OCH3 is 1. The number of rotatable bonds is 4. The molecule has 0 aromatic carbocycles. The minimum atomic E-state index is -0.383. The molecule has 0 radical (unpaired) electrons. The molecule has 1 saturated heterocycles. The lowest BCUT2D eigenvalue weighted by Gasteiger charge is -2.29. The van der Waals surface area contributed by atoms with Gasteiger partial charge in [-0.05, 0) is 6.92 Å². The Morgan fingerprint density at radius 2 is 2.47 bits per heavy atom. The normalized spacial score (nSPS) is 23.5. The fourth-order valence-corrected chi connectivity index (χ4v) is 1.54. The van der Waals surface area contributed by atoms with Crippen molar-refractivity contribution >= 4 is 5.91 Å². The van der Waals surface area contributed by atoms with Crippen LogP contribution in [0.3, 0.4) is 0 Å². The van der Waals surface area contributed by atoms with Gasteiger partial charge >= 0.3 is 0 Å². The zero-order chi connectivity index (χ0) is 11.3. The number of carbonyl (C=O) groups is 1. The van der Waals surface area contributed by atoms with Crippen molar-refractivity contribution in [2.45, 2.75) is 19.1 Å². The van der Waals surface area contributed by atoms with Gasteiger partial charge in [0.05, 0.1) is 12.7 Å². The summed E-state index contributed by atoms with van der Waals surface area (Å²) in [5.41, 5.74) is 0. The average molecular weight is 216 g/mol. The Labute approximate surface area is 90.7 Å². The highest BCUT2D eigenvalue weighted by Gasteiger charge is 2.21. The smallest absolute Gasteiger partial charge is 0.251 e. The van der Waals surface area contributed by atoms with Gasteiger partial charge in [-0.15, -0.1) is 0 Å². The van der Waals surface area contributed by atoms with Crippen molar-refractivity contribution in [2.75, 3.05) is 40.4 Å². The van der Waals surface area contributed by atoms with Gasteiger partial charge in [0.1, 0.15) is 6.10 Å². The molecule has 0 aromatic heterocycles. The Kier molecular flexibility index (Phi) is 5.01. The largest absolute Gasteiger partial charge is 0.374 e. The summed E-state index contributed by atoms with van der Waals surface area (Å²) >= 11 is 0. The zero-order valence-corrected chi connectivity index (χ0v) is 9.66. The molecule has 0 aliphatic carbocycles. The number of amides is 1. The lowest BCUT2D eigenvalue weighted by Crippen LogP contribution is -2.47. The second-order valence-corrected chi connectivity index (χ2v) is 3.79.